The molecule has 0 aliphatic carbocycles. The van der Waals surface area contributed by atoms with Gasteiger partial charge < -0.3 is 5.43 Å². The van der Waals surface area contributed by atoms with Crippen LogP contribution in [0.3, 0.4) is 0 Å². The molecule has 0 amide bonds. The quantitative estimate of drug-likeness (QED) is 0.273. The van der Waals surface area contributed by atoms with E-state index in [2.05, 4.69) is 46.9 Å². The maximum Gasteiger partial charge on any atom is 0.264 e. The summed E-state index contributed by atoms with van der Waals surface area (Å²) in [4.78, 5) is 11.3. The number of fused-ring (bicyclic) bond motifs is 2. The van der Waals surface area contributed by atoms with Crippen LogP contribution < -0.4 is 16.8 Å². The largest absolute Gasteiger partial charge is 0.324 e. The van der Waals surface area contributed by atoms with Crippen molar-refractivity contribution in [2.45, 2.75) is 6.92 Å². The fraction of sp³-hybridized carbons (Fsp3) is 0.0417. The molecule has 6 heteroatoms. The number of H-pyrrole nitrogens is 1. The number of aryl methyl sites for hydroxylation is 1. The van der Waals surface area contributed by atoms with Gasteiger partial charge in [0.1, 0.15) is 0 Å². The fourth-order valence-electron chi connectivity index (χ4n) is 3.35. The van der Waals surface area contributed by atoms with E-state index in [1.807, 2.05) is 55.5 Å². The third-order valence-electron chi connectivity index (χ3n) is 4.82. The molecule has 0 atom stereocenters. The molecular formula is C24H23ClN4O. The van der Waals surface area contributed by atoms with Crippen molar-refractivity contribution in [2.24, 2.45) is 5.84 Å². The van der Waals surface area contributed by atoms with Crippen molar-refractivity contribution in [3.05, 3.63) is 107 Å². The van der Waals surface area contributed by atoms with Crippen LogP contribution in [0.5, 0.6) is 0 Å². The van der Waals surface area contributed by atoms with E-state index in [1.54, 1.807) is 10.7 Å². The van der Waals surface area contributed by atoms with Gasteiger partial charge in [-0.25, -0.2) is 0 Å². The summed E-state index contributed by atoms with van der Waals surface area (Å²) in [5.74, 6) is 5.29. The molecule has 0 aliphatic rings. The first-order valence-corrected chi connectivity index (χ1v) is 9.37. The van der Waals surface area contributed by atoms with Gasteiger partial charge in [0.05, 0.1) is 5.69 Å². The van der Waals surface area contributed by atoms with Gasteiger partial charge in [-0.05, 0) is 52.7 Å². The lowest BCUT2D eigenvalue weighted by atomic mass is 10.1. The lowest BCUT2D eigenvalue weighted by Crippen LogP contribution is -2.05. The van der Waals surface area contributed by atoms with Crippen LogP contribution >= 0.6 is 12.4 Å². The van der Waals surface area contributed by atoms with Gasteiger partial charge in [0.2, 0.25) is 0 Å². The number of nitrogens with zero attached hydrogens (tertiary/aromatic N) is 1. The Hall–Kier alpha value is -3.54. The molecule has 0 bridgehead atoms. The molecule has 0 aliphatic heterocycles. The molecule has 1 heterocycles. The Morgan fingerprint density at radius 3 is 1.90 bits per heavy atom. The van der Waals surface area contributed by atoms with Crippen LogP contribution in [0.2, 0.25) is 0 Å². The van der Waals surface area contributed by atoms with E-state index in [4.69, 9.17) is 5.84 Å². The molecule has 1 aromatic heterocycles. The molecule has 0 radical (unpaired) electrons. The molecule has 0 spiro atoms. The van der Waals surface area contributed by atoms with E-state index >= 15 is 0 Å². The van der Waals surface area contributed by atoms with Gasteiger partial charge in [0.25, 0.3) is 5.56 Å². The molecule has 30 heavy (non-hydrogen) atoms. The zero-order valence-corrected chi connectivity index (χ0v) is 17.3. The lowest BCUT2D eigenvalue weighted by molar-refractivity contribution is 0.836. The number of benzene rings is 4. The van der Waals surface area contributed by atoms with Crippen LogP contribution in [0.15, 0.2) is 95.8 Å². The van der Waals surface area contributed by atoms with Gasteiger partial charge in [0, 0.05) is 17.4 Å². The molecule has 4 N–H and O–H groups in total. The van der Waals surface area contributed by atoms with Gasteiger partial charge in [-0.3, -0.25) is 20.4 Å². The molecule has 5 rings (SSSR count). The summed E-state index contributed by atoms with van der Waals surface area (Å²) in [5.41, 5.74) is 5.37. The van der Waals surface area contributed by atoms with Crippen LogP contribution in [0.1, 0.15) is 5.69 Å². The smallest absolute Gasteiger partial charge is 0.264 e. The Morgan fingerprint density at radius 2 is 1.33 bits per heavy atom. The topological polar surface area (TPSA) is 75.8 Å². The number of rotatable bonds is 2. The van der Waals surface area contributed by atoms with Crippen LogP contribution in [-0.2, 0) is 0 Å². The number of nitrogens with two attached hydrogens (primary N) is 1. The number of aromatic amines is 1. The maximum atomic E-state index is 11.3. The second-order valence-electron chi connectivity index (χ2n) is 6.83. The number of hydrazine groups is 1. The summed E-state index contributed by atoms with van der Waals surface area (Å²) in [6, 6.07) is 30.1. The van der Waals surface area contributed by atoms with Crippen molar-refractivity contribution in [1.29, 1.82) is 0 Å². The zero-order chi connectivity index (χ0) is 20.2. The first-order chi connectivity index (χ1) is 14.1. The van der Waals surface area contributed by atoms with Gasteiger partial charge in [-0.15, -0.1) is 12.4 Å². The van der Waals surface area contributed by atoms with Gasteiger partial charge in [-0.1, -0.05) is 60.7 Å². The van der Waals surface area contributed by atoms with Gasteiger partial charge >= 0.3 is 0 Å². The third-order valence-corrected chi connectivity index (χ3v) is 4.82. The van der Waals surface area contributed by atoms with E-state index in [1.165, 1.54) is 21.5 Å². The SMILES string of the molecule is Cc1cc(=O)[nH]n1-c1ccc2ccccc2c1.Cl.NNc1ccc2ccccc2c1. The van der Waals surface area contributed by atoms with Crippen LogP contribution in [-0.4, -0.2) is 9.78 Å². The molecule has 5 nitrogen and oxygen atoms in total. The average Bonchev–Trinajstić information content (AvgIpc) is 3.11. The minimum absolute atomic E-state index is 0. The Morgan fingerprint density at radius 1 is 0.767 bits per heavy atom. The van der Waals surface area contributed by atoms with E-state index in [-0.39, 0.29) is 18.0 Å². The number of nitrogen functional groups attached to an aromatic ring is 1. The zero-order valence-electron chi connectivity index (χ0n) is 16.5. The van der Waals surface area contributed by atoms with Crippen molar-refractivity contribution >= 4 is 39.6 Å². The highest BCUT2D eigenvalue weighted by atomic mass is 35.5. The van der Waals surface area contributed by atoms with Crippen LogP contribution in [0, 0.1) is 6.92 Å². The van der Waals surface area contributed by atoms with Gasteiger partial charge in [-0.2, -0.15) is 0 Å². The highest BCUT2D eigenvalue weighted by Crippen LogP contribution is 2.19. The van der Waals surface area contributed by atoms with Crippen molar-refractivity contribution in [3.8, 4) is 5.69 Å². The minimum Gasteiger partial charge on any atom is -0.324 e. The molecule has 0 fully saturated rings. The molecule has 0 saturated carbocycles. The number of hydrogen-bond donors (Lipinski definition) is 3. The highest BCUT2D eigenvalue weighted by molar-refractivity contribution is 5.86. The van der Waals surface area contributed by atoms with Crippen LogP contribution in [0.25, 0.3) is 27.2 Å². The number of hydrogen-bond acceptors (Lipinski definition) is 3. The van der Waals surface area contributed by atoms with E-state index < -0.39 is 0 Å². The Kier molecular flexibility index (Phi) is 6.57. The Balaban J connectivity index is 0.000000175. The van der Waals surface area contributed by atoms with E-state index in [0.29, 0.717) is 0 Å². The first-order valence-electron chi connectivity index (χ1n) is 9.37. The molecule has 4 aromatic carbocycles. The Labute approximate surface area is 180 Å². The first kappa shape index (κ1) is 21.2. The molecule has 5 aromatic rings. The summed E-state index contributed by atoms with van der Waals surface area (Å²) in [5, 5.41) is 7.58. The number of anilines is 1. The molecule has 152 valence electrons. The van der Waals surface area contributed by atoms with Crippen molar-refractivity contribution < 1.29 is 0 Å². The van der Waals surface area contributed by atoms with Crippen molar-refractivity contribution in [1.82, 2.24) is 9.78 Å². The maximum absolute atomic E-state index is 11.3. The minimum atomic E-state index is -0.0735. The molecule has 0 unspecified atom stereocenters. The van der Waals surface area contributed by atoms with Crippen LogP contribution in [0.4, 0.5) is 5.69 Å². The summed E-state index contributed by atoms with van der Waals surface area (Å²) in [7, 11) is 0. The highest BCUT2D eigenvalue weighted by Gasteiger charge is 2.02. The van der Waals surface area contributed by atoms with Crippen molar-refractivity contribution in [3.63, 3.8) is 0 Å². The van der Waals surface area contributed by atoms with E-state index in [0.717, 1.165) is 17.1 Å². The second kappa shape index (κ2) is 9.31. The van der Waals surface area contributed by atoms with Gasteiger partial charge in [0.15, 0.2) is 0 Å². The van der Waals surface area contributed by atoms with Crippen molar-refractivity contribution in [2.75, 3.05) is 5.43 Å². The summed E-state index contributed by atoms with van der Waals surface area (Å²) in [6.45, 7) is 1.91. The number of aromatic nitrogens is 2. The lowest BCUT2D eigenvalue weighted by Gasteiger charge is -2.06. The third kappa shape index (κ3) is 4.54. The number of nitrogens with one attached hydrogen (secondary N) is 2. The summed E-state index contributed by atoms with van der Waals surface area (Å²) >= 11 is 0. The predicted molar refractivity (Wildman–Crippen MR) is 128 cm³/mol. The summed E-state index contributed by atoms with van der Waals surface area (Å²) in [6.07, 6.45) is 0. The predicted octanol–water partition coefficient (Wildman–Crippen LogP) is 5.17. The second-order valence-corrected chi connectivity index (χ2v) is 6.83. The average molecular weight is 419 g/mol. The summed E-state index contributed by atoms with van der Waals surface area (Å²) < 4.78 is 1.80. The standard InChI is InChI=1S/C14H12N2O.C10H10N2.ClH/c1-10-8-14(17)15-16(10)13-7-6-11-4-2-3-5-12(11)9-13;11-12-10-6-5-8-3-1-2-4-9(8)7-10;/h2-9H,1H3,(H,15,17);1-7,12H,11H2;1H. The fourth-order valence-corrected chi connectivity index (χ4v) is 3.35. The molecule has 0 saturated heterocycles. The monoisotopic (exact) mass is 418 g/mol. The normalized spacial score (nSPS) is 10.2. The molecular weight excluding hydrogens is 396 g/mol. The Bertz CT molecular complexity index is 1340. The number of halogens is 1. The van der Waals surface area contributed by atoms with E-state index in [9.17, 15) is 4.79 Å².